The number of rotatable bonds is 3. The van der Waals surface area contributed by atoms with E-state index in [1.807, 2.05) is 4.79 Å². The summed E-state index contributed by atoms with van der Waals surface area (Å²) in [4.78, 5) is 1.99. The number of nitrogen functional groups attached to an aromatic ring is 1. The van der Waals surface area contributed by atoms with E-state index in [9.17, 15) is 0 Å². The molecular formula is C10H18N4. The quantitative estimate of drug-likeness (QED) is 0.785. The molecule has 0 saturated carbocycles. The van der Waals surface area contributed by atoms with E-state index in [0.717, 1.165) is 24.3 Å². The SMILES string of the molecule is CCc1c(N)cnn1N1CCC1CC. The molecule has 0 radical (unpaired) electrons. The maximum atomic E-state index is 5.85. The molecule has 0 aromatic carbocycles. The van der Waals surface area contributed by atoms with E-state index in [1.165, 1.54) is 12.8 Å². The van der Waals surface area contributed by atoms with Crippen LogP contribution in [0.5, 0.6) is 0 Å². The lowest BCUT2D eigenvalue weighted by Crippen LogP contribution is -2.55. The third kappa shape index (κ3) is 1.25. The topological polar surface area (TPSA) is 47.1 Å². The maximum Gasteiger partial charge on any atom is 0.0848 e. The molecular weight excluding hydrogens is 176 g/mol. The lowest BCUT2D eigenvalue weighted by molar-refractivity contribution is 0.315. The van der Waals surface area contributed by atoms with Crippen LogP contribution in [0.25, 0.3) is 0 Å². The molecule has 14 heavy (non-hydrogen) atoms. The van der Waals surface area contributed by atoms with Crippen LogP contribution in [0.15, 0.2) is 6.20 Å². The first kappa shape index (κ1) is 9.37. The van der Waals surface area contributed by atoms with E-state index in [-0.39, 0.29) is 0 Å². The number of aromatic nitrogens is 2. The van der Waals surface area contributed by atoms with Gasteiger partial charge in [0.1, 0.15) is 0 Å². The van der Waals surface area contributed by atoms with Crippen molar-refractivity contribution in [1.29, 1.82) is 0 Å². The predicted octanol–water partition coefficient (Wildman–Crippen LogP) is 1.15. The Labute approximate surface area is 84.7 Å². The summed E-state index contributed by atoms with van der Waals surface area (Å²) in [6.07, 6.45) is 5.16. The zero-order valence-corrected chi connectivity index (χ0v) is 8.90. The molecule has 0 aliphatic carbocycles. The van der Waals surface area contributed by atoms with Gasteiger partial charge in [0.2, 0.25) is 0 Å². The van der Waals surface area contributed by atoms with E-state index >= 15 is 0 Å². The van der Waals surface area contributed by atoms with Crippen molar-refractivity contribution in [2.24, 2.45) is 0 Å². The van der Waals surface area contributed by atoms with Crippen molar-refractivity contribution < 1.29 is 0 Å². The van der Waals surface area contributed by atoms with E-state index in [0.29, 0.717) is 6.04 Å². The van der Waals surface area contributed by atoms with Crippen molar-refractivity contribution in [3.63, 3.8) is 0 Å². The first-order valence-corrected chi connectivity index (χ1v) is 5.37. The highest BCUT2D eigenvalue weighted by Gasteiger charge is 2.28. The van der Waals surface area contributed by atoms with E-state index < -0.39 is 0 Å². The highest BCUT2D eigenvalue weighted by atomic mass is 15.7. The Hall–Kier alpha value is -1.19. The van der Waals surface area contributed by atoms with Gasteiger partial charge in [-0.05, 0) is 19.3 Å². The summed E-state index contributed by atoms with van der Waals surface area (Å²) in [5.74, 6) is 0. The van der Waals surface area contributed by atoms with Gasteiger partial charge in [0.15, 0.2) is 0 Å². The number of anilines is 1. The van der Waals surface area contributed by atoms with Gasteiger partial charge in [-0.3, -0.25) is 5.01 Å². The largest absolute Gasteiger partial charge is 0.396 e. The number of nitrogens with two attached hydrogens (primary N) is 1. The third-order valence-electron chi connectivity index (χ3n) is 3.04. The summed E-state index contributed by atoms with van der Waals surface area (Å²) in [5, 5.41) is 6.63. The highest BCUT2D eigenvalue weighted by Crippen LogP contribution is 2.21. The van der Waals surface area contributed by atoms with Gasteiger partial charge in [0.05, 0.1) is 17.6 Å². The molecule has 1 aromatic heterocycles. The Kier molecular flexibility index (Phi) is 2.35. The maximum absolute atomic E-state index is 5.85. The average molecular weight is 194 g/mol. The molecule has 1 aliphatic rings. The van der Waals surface area contributed by atoms with Gasteiger partial charge in [-0.1, -0.05) is 13.8 Å². The van der Waals surface area contributed by atoms with Crippen LogP contribution < -0.4 is 10.7 Å². The van der Waals surface area contributed by atoms with Gasteiger partial charge in [0.25, 0.3) is 0 Å². The zero-order chi connectivity index (χ0) is 10.1. The summed E-state index contributed by atoms with van der Waals surface area (Å²) >= 11 is 0. The Morgan fingerprint density at radius 3 is 2.86 bits per heavy atom. The molecule has 0 amide bonds. The molecule has 2 heterocycles. The molecule has 0 spiro atoms. The molecule has 2 N–H and O–H groups in total. The molecule has 4 nitrogen and oxygen atoms in total. The highest BCUT2D eigenvalue weighted by molar-refractivity contribution is 5.41. The summed E-state index contributed by atoms with van der Waals surface area (Å²) < 4.78 is 0. The summed E-state index contributed by atoms with van der Waals surface area (Å²) in [5.41, 5.74) is 7.80. The lowest BCUT2D eigenvalue weighted by Gasteiger charge is -2.42. The molecule has 1 unspecified atom stereocenters. The van der Waals surface area contributed by atoms with Gasteiger partial charge >= 0.3 is 0 Å². The number of hydrogen-bond donors (Lipinski definition) is 1. The van der Waals surface area contributed by atoms with Crippen molar-refractivity contribution in [3.05, 3.63) is 11.9 Å². The van der Waals surface area contributed by atoms with Gasteiger partial charge in [0, 0.05) is 12.6 Å². The Morgan fingerprint density at radius 1 is 1.57 bits per heavy atom. The minimum absolute atomic E-state index is 0.652. The van der Waals surface area contributed by atoms with Crippen LogP contribution >= 0.6 is 0 Å². The lowest BCUT2D eigenvalue weighted by atomic mass is 10.0. The van der Waals surface area contributed by atoms with E-state index in [2.05, 4.69) is 24.0 Å². The second kappa shape index (κ2) is 3.52. The summed E-state index contributed by atoms with van der Waals surface area (Å²) in [6, 6.07) is 0.652. The number of nitrogens with zero attached hydrogens (tertiary/aromatic N) is 3. The fourth-order valence-electron chi connectivity index (χ4n) is 2.03. The van der Waals surface area contributed by atoms with Crippen LogP contribution in [0.1, 0.15) is 32.4 Å². The molecule has 1 aromatic rings. The minimum Gasteiger partial charge on any atom is -0.396 e. The molecule has 1 fully saturated rings. The third-order valence-corrected chi connectivity index (χ3v) is 3.04. The first-order chi connectivity index (χ1) is 6.77. The smallest absolute Gasteiger partial charge is 0.0848 e. The Bertz CT molecular complexity index is 316. The van der Waals surface area contributed by atoms with Crippen LogP contribution in [-0.4, -0.2) is 22.5 Å². The van der Waals surface area contributed by atoms with Crippen LogP contribution in [0, 0.1) is 0 Å². The Morgan fingerprint density at radius 2 is 2.36 bits per heavy atom. The second-order valence-electron chi connectivity index (χ2n) is 3.80. The fourth-order valence-corrected chi connectivity index (χ4v) is 2.03. The molecule has 1 atom stereocenters. The fraction of sp³-hybridized carbons (Fsp3) is 0.700. The van der Waals surface area contributed by atoms with Crippen molar-refractivity contribution >= 4 is 5.69 Å². The van der Waals surface area contributed by atoms with Crippen molar-refractivity contribution in [1.82, 2.24) is 9.89 Å². The average Bonchev–Trinajstić information content (AvgIpc) is 2.46. The van der Waals surface area contributed by atoms with Crippen LogP contribution in [-0.2, 0) is 6.42 Å². The normalized spacial score (nSPS) is 21.0. The van der Waals surface area contributed by atoms with Gasteiger partial charge in [-0.25, -0.2) is 0 Å². The summed E-state index contributed by atoms with van der Waals surface area (Å²) in [7, 11) is 0. The molecule has 0 bridgehead atoms. The molecule has 78 valence electrons. The first-order valence-electron chi connectivity index (χ1n) is 5.37. The van der Waals surface area contributed by atoms with Crippen LogP contribution in [0.2, 0.25) is 0 Å². The standard InChI is InChI=1S/C10H18N4/c1-3-8-5-6-13(8)14-10(4-2)9(11)7-12-14/h7-8H,3-6,11H2,1-2H3. The Balaban J connectivity index is 2.23. The molecule has 4 heteroatoms. The van der Waals surface area contributed by atoms with Gasteiger partial charge in [-0.15, -0.1) is 0 Å². The van der Waals surface area contributed by atoms with Crippen molar-refractivity contribution in [2.45, 2.75) is 39.2 Å². The van der Waals surface area contributed by atoms with Crippen LogP contribution in [0.4, 0.5) is 5.69 Å². The van der Waals surface area contributed by atoms with Crippen molar-refractivity contribution in [3.8, 4) is 0 Å². The second-order valence-corrected chi connectivity index (χ2v) is 3.80. The van der Waals surface area contributed by atoms with Gasteiger partial charge in [-0.2, -0.15) is 9.89 Å². The molecule has 1 saturated heterocycles. The minimum atomic E-state index is 0.652. The molecule has 2 rings (SSSR count). The molecule has 1 aliphatic heterocycles. The number of hydrogen-bond acceptors (Lipinski definition) is 3. The van der Waals surface area contributed by atoms with Crippen molar-refractivity contribution in [2.75, 3.05) is 17.3 Å². The zero-order valence-electron chi connectivity index (χ0n) is 8.90. The van der Waals surface area contributed by atoms with E-state index in [1.54, 1.807) is 6.20 Å². The van der Waals surface area contributed by atoms with Crippen LogP contribution in [0.3, 0.4) is 0 Å². The summed E-state index contributed by atoms with van der Waals surface area (Å²) in [6.45, 7) is 5.44. The van der Waals surface area contributed by atoms with E-state index in [4.69, 9.17) is 5.73 Å². The monoisotopic (exact) mass is 194 g/mol. The van der Waals surface area contributed by atoms with Gasteiger partial charge < -0.3 is 5.73 Å². The predicted molar refractivity (Wildman–Crippen MR) is 57.8 cm³/mol.